The first kappa shape index (κ1) is 15.2. The SMILES string of the molecule is CCOC[C@@H]1CN(C(=O)c2cscn2)Cc2cn(CC)nc21. The summed E-state index contributed by atoms with van der Waals surface area (Å²) in [5.41, 5.74) is 4.39. The Kier molecular flexibility index (Phi) is 4.54. The number of aryl methyl sites for hydroxylation is 1. The van der Waals surface area contributed by atoms with Gasteiger partial charge in [0.05, 0.1) is 17.8 Å². The van der Waals surface area contributed by atoms with E-state index in [0.717, 1.165) is 17.8 Å². The molecule has 0 spiro atoms. The van der Waals surface area contributed by atoms with Crippen LogP contribution in [0.15, 0.2) is 17.1 Å². The Morgan fingerprint density at radius 1 is 1.50 bits per heavy atom. The van der Waals surface area contributed by atoms with Crippen molar-refractivity contribution >= 4 is 17.2 Å². The van der Waals surface area contributed by atoms with Gasteiger partial charge in [-0.1, -0.05) is 0 Å². The zero-order valence-corrected chi connectivity index (χ0v) is 13.7. The number of aromatic nitrogens is 3. The molecule has 0 unspecified atom stereocenters. The zero-order valence-electron chi connectivity index (χ0n) is 12.9. The quantitative estimate of drug-likeness (QED) is 0.847. The molecule has 0 saturated carbocycles. The summed E-state index contributed by atoms with van der Waals surface area (Å²) >= 11 is 1.44. The van der Waals surface area contributed by atoms with Gasteiger partial charge in [0.1, 0.15) is 5.69 Å². The maximum atomic E-state index is 12.6. The second kappa shape index (κ2) is 6.58. The van der Waals surface area contributed by atoms with Gasteiger partial charge in [0.2, 0.25) is 0 Å². The number of hydrogen-bond acceptors (Lipinski definition) is 5. The molecule has 118 valence electrons. The fourth-order valence-corrected chi connectivity index (χ4v) is 3.28. The molecule has 0 saturated heterocycles. The average molecular weight is 320 g/mol. The number of carbonyl (C=O) groups excluding carboxylic acids is 1. The van der Waals surface area contributed by atoms with Crippen molar-refractivity contribution in [3.05, 3.63) is 34.0 Å². The van der Waals surface area contributed by atoms with Crippen LogP contribution in [-0.4, -0.2) is 45.3 Å². The molecule has 6 nitrogen and oxygen atoms in total. The largest absolute Gasteiger partial charge is 0.381 e. The molecule has 1 aliphatic heterocycles. The molecule has 1 atom stereocenters. The third kappa shape index (κ3) is 2.91. The van der Waals surface area contributed by atoms with Crippen molar-refractivity contribution in [1.82, 2.24) is 19.7 Å². The van der Waals surface area contributed by atoms with Crippen LogP contribution in [0.4, 0.5) is 0 Å². The van der Waals surface area contributed by atoms with E-state index in [2.05, 4.69) is 17.0 Å². The highest BCUT2D eigenvalue weighted by molar-refractivity contribution is 7.07. The summed E-state index contributed by atoms with van der Waals surface area (Å²) in [5.74, 6) is 0.108. The Morgan fingerprint density at radius 3 is 3.05 bits per heavy atom. The molecule has 1 amide bonds. The summed E-state index contributed by atoms with van der Waals surface area (Å²) in [5, 5.41) is 6.44. The van der Waals surface area contributed by atoms with Gasteiger partial charge in [-0.05, 0) is 13.8 Å². The number of rotatable bonds is 5. The topological polar surface area (TPSA) is 60.2 Å². The van der Waals surface area contributed by atoms with Crippen molar-refractivity contribution in [2.24, 2.45) is 0 Å². The minimum absolute atomic E-state index is 0.0161. The Bertz CT molecular complexity index is 638. The van der Waals surface area contributed by atoms with Crippen molar-refractivity contribution in [1.29, 1.82) is 0 Å². The molecule has 0 bridgehead atoms. The third-order valence-electron chi connectivity index (χ3n) is 3.84. The van der Waals surface area contributed by atoms with Gasteiger partial charge in [0.15, 0.2) is 0 Å². The van der Waals surface area contributed by atoms with Crippen LogP contribution >= 0.6 is 11.3 Å². The van der Waals surface area contributed by atoms with Crippen LogP contribution in [0.2, 0.25) is 0 Å². The minimum atomic E-state index is -0.0161. The molecule has 0 radical (unpaired) electrons. The van der Waals surface area contributed by atoms with Crippen molar-refractivity contribution in [2.45, 2.75) is 32.9 Å². The van der Waals surface area contributed by atoms with Crippen molar-refractivity contribution in [2.75, 3.05) is 19.8 Å². The first-order valence-electron chi connectivity index (χ1n) is 7.54. The van der Waals surface area contributed by atoms with E-state index in [1.54, 1.807) is 10.9 Å². The van der Waals surface area contributed by atoms with Crippen LogP contribution in [0.25, 0.3) is 0 Å². The zero-order chi connectivity index (χ0) is 15.5. The van der Waals surface area contributed by atoms with Gasteiger partial charge in [-0.2, -0.15) is 5.10 Å². The summed E-state index contributed by atoms with van der Waals surface area (Å²) in [6.45, 7) is 7.35. The number of hydrogen-bond donors (Lipinski definition) is 0. The van der Waals surface area contributed by atoms with Gasteiger partial charge in [0.25, 0.3) is 5.91 Å². The highest BCUT2D eigenvalue weighted by atomic mass is 32.1. The second-order valence-electron chi connectivity index (χ2n) is 5.31. The van der Waals surface area contributed by atoms with E-state index >= 15 is 0 Å². The first-order chi connectivity index (χ1) is 10.7. The van der Waals surface area contributed by atoms with E-state index < -0.39 is 0 Å². The molecule has 3 rings (SSSR count). The highest BCUT2D eigenvalue weighted by Gasteiger charge is 2.32. The molecule has 22 heavy (non-hydrogen) atoms. The lowest BCUT2D eigenvalue weighted by Gasteiger charge is -2.31. The standard InChI is InChI=1S/C15H20N4O2S/c1-3-19-7-11-5-18(15(20)13-9-22-10-16-13)6-12(8-21-4-2)14(11)17-19/h7,9-10,12H,3-6,8H2,1-2H3/t12-/m0/s1. The van der Waals surface area contributed by atoms with Crippen LogP contribution in [-0.2, 0) is 17.8 Å². The lowest BCUT2D eigenvalue weighted by Crippen LogP contribution is -2.39. The van der Waals surface area contributed by atoms with E-state index in [1.807, 2.05) is 22.7 Å². The smallest absolute Gasteiger partial charge is 0.273 e. The minimum Gasteiger partial charge on any atom is -0.381 e. The molecule has 0 aliphatic carbocycles. The maximum absolute atomic E-state index is 12.6. The summed E-state index contributed by atoms with van der Waals surface area (Å²) in [4.78, 5) is 18.5. The summed E-state index contributed by atoms with van der Waals surface area (Å²) < 4.78 is 7.52. The van der Waals surface area contributed by atoms with E-state index in [1.165, 1.54) is 11.3 Å². The summed E-state index contributed by atoms with van der Waals surface area (Å²) in [6.07, 6.45) is 2.04. The van der Waals surface area contributed by atoms with Crippen molar-refractivity contribution in [3.8, 4) is 0 Å². The Labute approximate surface area is 133 Å². The van der Waals surface area contributed by atoms with Crippen LogP contribution < -0.4 is 0 Å². The molecule has 2 aromatic heterocycles. The summed E-state index contributed by atoms with van der Waals surface area (Å²) in [7, 11) is 0. The van der Waals surface area contributed by atoms with Crippen molar-refractivity contribution in [3.63, 3.8) is 0 Å². The van der Waals surface area contributed by atoms with Crippen molar-refractivity contribution < 1.29 is 9.53 Å². The van der Waals surface area contributed by atoms with Gasteiger partial charge in [-0.15, -0.1) is 11.3 Å². The van der Waals surface area contributed by atoms with Crippen LogP contribution in [0.3, 0.4) is 0 Å². The van der Waals surface area contributed by atoms with E-state index in [0.29, 0.717) is 32.0 Å². The summed E-state index contributed by atoms with van der Waals surface area (Å²) in [6, 6.07) is 0. The van der Waals surface area contributed by atoms with Gasteiger partial charge in [-0.25, -0.2) is 4.98 Å². The number of ether oxygens (including phenoxy) is 1. The molecule has 1 aliphatic rings. The molecular formula is C15H20N4O2S. The van der Waals surface area contributed by atoms with Crippen LogP contribution in [0.1, 0.15) is 41.5 Å². The van der Waals surface area contributed by atoms with Gasteiger partial charge in [0, 0.05) is 49.3 Å². The van der Waals surface area contributed by atoms with Crippen LogP contribution in [0, 0.1) is 0 Å². The van der Waals surface area contributed by atoms with Gasteiger partial charge < -0.3 is 9.64 Å². The van der Waals surface area contributed by atoms with Gasteiger partial charge >= 0.3 is 0 Å². The fourth-order valence-electron chi connectivity index (χ4n) is 2.75. The Morgan fingerprint density at radius 2 is 2.36 bits per heavy atom. The number of fused-ring (bicyclic) bond motifs is 1. The van der Waals surface area contributed by atoms with E-state index in [-0.39, 0.29) is 11.8 Å². The number of thiazole rings is 1. The Balaban J connectivity index is 1.85. The molecule has 2 aromatic rings. The lowest BCUT2D eigenvalue weighted by atomic mass is 9.97. The first-order valence-corrected chi connectivity index (χ1v) is 8.48. The highest BCUT2D eigenvalue weighted by Crippen LogP contribution is 2.28. The molecule has 3 heterocycles. The molecule has 0 fully saturated rings. The average Bonchev–Trinajstić information content (AvgIpc) is 3.20. The van der Waals surface area contributed by atoms with E-state index in [4.69, 9.17) is 4.74 Å². The Hall–Kier alpha value is -1.73. The lowest BCUT2D eigenvalue weighted by molar-refractivity contribution is 0.0647. The fraction of sp³-hybridized carbons (Fsp3) is 0.533. The third-order valence-corrected chi connectivity index (χ3v) is 4.43. The molecule has 7 heteroatoms. The number of carbonyl (C=O) groups is 1. The van der Waals surface area contributed by atoms with Crippen LogP contribution in [0.5, 0.6) is 0 Å². The predicted octanol–water partition coefficient (Wildman–Crippen LogP) is 2.14. The monoisotopic (exact) mass is 320 g/mol. The molecule has 0 aromatic carbocycles. The molecule has 0 N–H and O–H groups in total. The number of amides is 1. The maximum Gasteiger partial charge on any atom is 0.273 e. The van der Waals surface area contributed by atoms with Gasteiger partial charge in [-0.3, -0.25) is 9.48 Å². The normalized spacial score (nSPS) is 17.5. The number of nitrogens with zero attached hydrogens (tertiary/aromatic N) is 4. The second-order valence-corrected chi connectivity index (χ2v) is 6.03. The molecular weight excluding hydrogens is 300 g/mol. The predicted molar refractivity (Wildman–Crippen MR) is 84.0 cm³/mol. The van der Waals surface area contributed by atoms with E-state index in [9.17, 15) is 4.79 Å².